The summed E-state index contributed by atoms with van der Waals surface area (Å²) in [5, 5.41) is 3.64. The summed E-state index contributed by atoms with van der Waals surface area (Å²) in [4.78, 5) is 23.9. The van der Waals surface area contributed by atoms with E-state index in [0.717, 1.165) is 37.3 Å². The third-order valence-corrected chi connectivity index (χ3v) is 7.51. The van der Waals surface area contributed by atoms with E-state index in [4.69, 9.17) is 10.7 Å². The number of anilines is 1. The minimum absolute atomic E-state index is 0.109. The molecule has 0 saturated heterocycles. The molecule has 0 aromatic carbocycles. The van der Waals surface area contributed by atoms with E-state index in [2.05, 4.69) is 16.4 Å². The highest BCUT2D eigenvalue weighted by molar-refractivity contribution is 6.06. The third-order valence-electron chi connectivity index (χ3n) is 7.51. The second-order valence-corrected chi connectivity index (χ2v) is 9.73. The molecule has 6 heteroatoms. The van der Waals surface area contributed by atoms with Crippen LogP contribution in [0.15, 0.2) is 29.5 Å². The van der Waals surface area contributed by atoms with Crippen molar-refractivity contribution in [1.29, 1.82) is 0 Å². The fourth-order valence-corrected chi connectivity index (χ4v) is 5.84. The summed E-state index contributed by atoms with van der Waals surface area (Å²) in [6.07, 6.45) is 17.7. The smallest absolute Gasteiger partial charge is 0.257 e. The number of aliphatic imine (C=N–C) groups is 1. The second kappa shape index (κ2) is 9.36. The lowest BCUT2D eigenvalue weighted by molar-refractivity contribution is -0.131. The molecule has 0 unspecified atom stereocenters. The van der Waals surface area contributed by atoms with Crippen LogP contribution < -0.4 is 11.1 Å². The van der Waals surface area contributed by atoms with Crippen molar-refractivity contribution in [3.63, 3.8) is 0 Å². The van der Waals surface area contributed by atoms with Gasteiger partial charge in [0.15, 0.2) is 5.96 Å². The lowest BCUT2D eigenvalue weighted by Gasteiger charge is -2.36. The van der Waals surface area contributed by atoms with E-state index >= 15 is 0 Å². The Balaban J connectivity index is 1.42. The molecule has 3 N–H and O–H groups in total. The number of aromatic nitrogens is 1. The maximum atomic E-state index is 13.3. The molecule has 0 bridgehead atoms. The molecule has 2 saturated carbocycles. The lowest BCUT2D eigenvalue weighted by Crippen LogP contribution is -2.44. The number of nitrogens with zero attached hydrogens (tertiary/aromatic N) is 3. The maximum Gasteiger partial charge on any atom is 0.257 e. The predicted molar refractivity (Wildman–Crippen MR) is 121 cm³/mol. The number of pyridine rings is 1. The molecule has 3 atom stereocenters. The van der Waals surface area contributed by atoms with Gasteiger partial charge in [-0.1, -0.05) is 44.9 Å². The first-order valence-electron chi connectivity index (χ1n) is 11.9. The van der Waals surface area contributed by atoms with Crippen LogP contribution in [-0.4, -0.2) is 40.4 Å². The average molecular weight is 412 g/mol. The number of guanidine groups is 1. The van der Waals surface area contributed by atoms with Gasteiger partial charge in [-0.15, -0.1) is 0 Å². The standard InChI is InChI=1S/C24H37N5O/c1-29-22(30)24(28-23(29)25,13-12-18-7-3-2-4-8-18)16-19-9-5-10-20(15-19)27-21-11-6-14-26-17-21/h6,11,14,17-20,27H,2-5,7-10,12-13,15-16H2,1H3,(H2,25,28)/t19-,20-,24+/m0/s1. The van der Waals surface area contributed by atoms with Gasteiger partial charge in [-0.3, -0.25) is 14.7 Å². The first kappa shape index (κ1) is 21.1. The van der Waals surface area contributed by atoms with Crippen molar-refractivity contribution in [1.82, 2.24) is 9.88 Å². The van der Waals surface area contributed by atoms with Crippen LogP contribution in [0.2, 0.25) is 0 Å². The van der Waals surface area contributed by atoms with Crippen molar-refractivity contribution < 1.29 is 4.79 Å². The largest absolute Gasteiger partial charge is 0.381 e. The lowest BCUT2D eigenvalue weighted by atomic mass is 9.74. The van der Waals surface area contributed by atoms with Crippen molar-refractivity contribution in [2.75, 3.05) is 12.4 Å². The summed E-state index contributed by atoms with van der Waals surface area (Å²) in [6, 6.07) is 4.47. The van der Waals surface area contributed by atoms with Gasteiger partial charge in [0.2, 0.25) is 0 Å². The number of carbonyl (C=O) groups is 1. The first-order valence-corrected chi connectivity index (χ1v) is 11.9. The van der Waals surface area contributed by atoms with Crippen molar-refractivity contribution in [3.05, 3.63) is 24.5 Å². The Kier molecular flexibility index (Phi) is 6.59. The molecule has 3 aliphatic rings. The molecule has 164 valence electrons. The quantitative estimate of drug-likeness (QED) is 0.699. The average Bonchev–Trinajstić information content (AvgIpc) is 2.98. The SMILES string of the molecule is CN1C(=O)[C@@](CCC2CCCCC2)(C[C@H]2CCC[C@H](Nc3cccnc3)C2)N=C1N. The number of hydrogen-bond donors (Lipinski definition) is 2. The van der Waals surface area contributed by atoms with Crippen molar-refractivity contribution in [3.8, 4) is 0 Å². The number of likely N-dealkylation sites (N-methyl/N-ethyl adjacent to an activating group) is 1. The topological polar surface area (TPSA) is 83.6 Å². The van der Waals surface area contributed by atoms with Crippen LogP contribution in [0.4, 0.5) is 5.69 Å². The van der Waals surface area contributed by atoms with E-state index in [0.29, 0.717) is 17.9 Å². The molecule has 30 heavy (non-hydrogen) atoms. The number of nitrogens with two attached hydrogens (primary N) is 1. The molecule has 6 nitrogen and oxygen atoms in total. The fraction of sp³-hybridized carbons (Fsp3) is 0.708. The Morgan fingerprint density at radius 1 is 1.17 bits per heavy atom. The number of rotatable bonds is 7. The summed E-state index contributed by atoms with van der Waals surface area (Å²) in [6.45, 7) is 0. The highest BCUT2D eigenvalue weighted by Crippen LogP contribution is 2.40. The molecule has 4 rings (SSSR count). The molecule has 1 amide bonds. The Hall–Kier alpha value is -2.11. The highest BCUT2D eigenvalue weighted by Gasteiger charge is 2.48. The molecule has 1 aromatic heterocycles. The van der Waals surface area contributed by atoms with Crippen LogP contribution in [0.25, 0.3) is 0 Å². The van der Waals surface area contributed by atoms with E-state index in [1.165, 1.54) is 51.4 Å². The van der Waals surface area contributed by atoms with Crippen LogP contribution in [-0.2, 0) is 4.79 Å². The molecular weight excluding hydrogens is 374 g/mol. The van der Waals surface area contributed by atoms with Crippen LogP contribution in [0, 0.1) is 11.8 Å². The predicted octanol–water partition coefficient (Wildman–Crippen LogP) is 4.33. The number of hydrogen-bond acceptors (Lipinski definition) is 5. The van der Waals surface area contributed by atoms with E-state index in [1.54, 1.807) is 18.1 Å². The van der Waals surface area contributed by atoms with Gasteiger partial charge in [-0.25, -0.2) is 4.99 Å². The molecule has 2 heterocycles. The number of carbonyl (C=O) groups excluding carboxylic acids is 1. The van der Waals surface area contributed by atoms with Gasteiger partial charge in [-0.05, 0) is 56.1 Å². The summed E-state index contributed by atoms with van der Waals surface area (Å²) >= 11 is 0. The normalized spacial score (nSPS) is 30.4. The second-order valence-electron chi connectivity index (χ2n) is 9.73. The zero-order valence-electron chi connectivity index (χ0n) is 18.4. The minimum Gasteiger partial charge on any atom is -0.381 e. The zero-order chi connectivity index (χ0) is 21.0. The van der Waals surface area contributed by atoms with Crippen LogP contribution in [0.3, 0.4) is 0 Å². The molecule has 1 aliphatic heterocycles. The summed E-state index contributed by atoms with van der Waals surface area (Å²) in [5.41, 5.74) is 6.56. The van der Waals surface area contributed by atoms with E-state index in [1.807, 2.05) is 12.3 Å². The van der Waals surface area contributed by atoms with Crippen molar-refractivity contribution in [2.24, 2.45) is 22.6 Å². The Morgan fingerprint density at radius 2 is 1.97 bits per heavy atom. The molecular formula is C24H37N5O. The minimum atomic E-state index is -0.642. The van der Waals surface area contributed by atoms with Crippen LogP contribution in [0.5, 0.6) is 0 Å². The van der Waals surface area contributed by atoms with E-state index in [-0.39, 0.29) is 5.91 Å². The van der Waals surface area contributed by atoms with Gasteiger partial charge in [-0.2, -0.15) is 0 Å². The molecule has 0 spiro atoms. The van der Waals surface area contributed by atoms with Gasteiger partial charge in [0, 0.05) is 25.5 Å². The van der Waals surface area contributed by atoms with Gasteiger partial charge in [0.05, 0.1) is 5.69 Å². The van der Waals surface area contributed by atoms with Crippen LogP contribution >= 0.6 is 0 Å². The van der Waals surface area contributed by atoms with Crippen molar-refractivity contribution >= 4 is 17.6 Å². The summed E-state index contributed by atoms with van der Waals surface area (Å²) < 4.78 is 0. The highest BCUT2D eigenvalue weighted by atomic mass is 16.2. The maximum absolute atomic E-state index is 13.3. The van der Waals surface area contributed by atoms with Crippen molar-refractivity contribution in [2.45, 2.75) is 88.6 Å². The van der Waals surface area contributed by atoms with Gasteiger partial charge in [0.1, 0.15) is 5.54 Å². The van der Waals surface area contributed by atoms with Crippen LogP contribution in [0.1, 0.15) is 77.0 Å². The van der Waals surface area contributed by atoms with Gasteiger partial charge in [0.25, 0.3) is 5.91 Å². The first-order chi connectivity index (χ1) is 14.6. The Bertz CT molecular complexity index is 745. The molecule has 1 aromatic rings. The van der Waals surface area contributed by atoms with E-state index in [9.17, 15) is 4.79 Å². The Labute approximate surface area is 180 Å². The Morgan fingerprint density at radius 3 is 2.67 bits per heavy atom. The number of nitrogens with one attached hydrogen (secondary N) is 1. The number of amides is 1. The third kappa shape index (κ3) is 4.79. The molecule has 2 aliphatic carbocycles. The monoisotopic (exact) mass is 411 g/mol. The van der Waals surface area contributed by atoms with E-state index < -0.39 is 5.54 Å². The molecule has 0 radical (unpaired) electrons. The summed E-state index contributed by atoms with van der Waals surface area (Å²) in [7, 11) is 1.77. The molecule has 2 fully saturated rings. The van der Waals surface area contributed by atoms with Gasteiger partial charge >= 0.3 is 0 Å². The van der Waals surface area contributed by atoms with Gasteiger partial charge < -0.3 is 11.1 Å². The fourth-order valence-electron chi connectivity index (χ4n) is 5.84. The summed E-state index contributed by atoms with van der Waals surface area (Å²) in [5.74, 6) is 1.74. The zero-order valence-corrected chi connectivity index (χ0v) is 18.4.